The third-order valence-electron chi connectivity index (χ3n) is 6.35. The Kier molecular flexibility index (Phi) is 5.92. The first-order chi connectivity index (χ1) is 14.2. The summed E-state index contributed by atoms with van der Waals surface area (Å²) in [5.41, 5.74) is -1.78. The number of allylic oxidation sites excluding steroid dienone is 1. The van der Waals surface area contributed by atoms with Crippen molar-refractivity contribution in [3.05, 3.63) is 35.9 Å². The van der Waals surface area contributed by atoms with Crippen molar-refractivity contribution in [1.82, 2.24) is 4.90 Å². The first kappa shape index (κ1) is 21.9. The molecule has 162 valence electrons. The number of likely N-dealkylation sites (tertiary alicyclic amines) is 1. The molecule has 2 atom stereocenters. The fraction of sp³-hybridized carbons (Fsp3) is 0.522. The second-order valence-corrected chi connectivity index (χ2v) is 8.46. The van der Waals surface area contributed by atoms with Gasteiger partial charge in [-0.2, -0.15) is 0 Å². The summed E-state index contributed by atoms with van der Waals surface area (Å²) in [4.78, 5) is 40.2. The minimum atomic E-state index is -1.66. The Balaban J connectivity index is 2.10. The van der Waals surface area contributed by atoms with Crippen LogP contribution >= 0.6 is 0 Å². The van der Waals surface area contributed by atoms with Crippen molar-refractivity contribution in [2.75, 3.05) is 13.3 Å². The molecule has 2 aliphatic heterocycles. The lowest BCUT2D eigenvalue weighted by Gasteiger charge is -2.48. The van der Waals surface area contributed by atoms with E-state index in [-0.39, 0.29) is 13.3 Å². The van der Waals surface area contributed by atoms with Crippen molar-refractivity contribution in [3.63, 3.8) is 0 Å². The minimum absolute atomic E-state index is 0.119. The van der Waals surface area contributed by atoms with Gasteiger partial charge in [0.05, 0.1) is 0 Å². The quantitative estimate of drug-likeness (QED) is 0.564. The van der Waals surface area contributed by atoms with E-state index < -0.39 is 34.5 Å². The normalized spacial score (nSPS) is 23.6. The molecule has 7 nitrogen and oxygen atoms in total. The molecule has 1 saturated heterocycles. The van der Waals surface area contributed by atoms with Gasteiger partial charge in [0.15, 0.2) is 17.0 Å². The van der Waals surface area contributed by atoms with Gasteiger partial charge < -0.3 is 19.5 Å². The number of ether oxygens (including phenoxy) is 2. The summed E-state index contributed by atoms with van der Waals surface area (Å²) in [6, 6.07) is 5.34. The van der Waals surface area contributed by atoms with E-state index in [4.69, 9.17) is 9.47 Å². The zero-order valence-corrected chi connectivity index (χ0v) is 17.9. The van der Waals surface area contributed by atoms with Gasteiger partial charge in [-0.15, -0.1) is 0 Å². The van der Waals surface area contributed by atoms with Crippen molar-refractivity contribution in [1.29, 1.82) is 0 Å². The van der Waals surface area contributed by atoms with E-state index in [9.17, 15) is 19.5 Å². The van der Waals surface area contributed by atoms with Gasteiger partial charge in [0.1, 0.15) is 0 Å². The molecule has 30 heavy (non-hydrogen) atoms. The van der Waals surface area contributed by atoms with Gasteiger partial charge in [-0.25, -0.2) is 4.79 Å². The zero-order chi connectivity index (χ0) is 22.1. The second kappa shape index (κ2) is 8.13. The Morgan fingerprint density at radius 1 is 1.27 bits per heavy atom. The Hall–Kier alpha value is -2.83. The summed E-state index contributed by atoms with van der Waals surface area (Å²) < 4.78 is 10.8. The maximum absolute atomic E-state index is 13.3. The molecule has 0 spiro atoms. The van der Waals surface area contributed by atoms with Crippen LogP contribution in [0.25, 0.3) is 0 Å². The summed E-state index contributed by atoms with van der Waals surface area (Å²) in [7, 11) is 0. The standard InChI is InChI=1S/C23H29NO6/c1-5-11-23(21(27)28)16(15-9-10-17-18(13-15)30-14-29-17)8-7-12-24(23)20(26)19(25)22(3,4)6-2/h5,9-11,13,16H,6-8,12,14H2,1-4H3,(H,27,28)/b11-5+. The molecule has 1 aromatic carbocycles. The van der Waals surface area contributed by atoms with Crippen LogP contribution in [0, 0.1) is 5.41 Å². The summed E-state index contributed by atoms with van der Waals surface area (Å²) in [6.45, 7) is 7.31. The number of fused-ring (bicyclic) bond motifs is 1. The van der Waals surface area contributed by atoms with Crippen LogP contribution in [-0.4, -0.2) is 46.5 Å². The van der Waals surface area contributed by atoms with E-state index in [1.165, 1.54) is 11.0 Å². The summed E-state index contributed by atoms with van der Waals surface area (Å²) >= 11 is 0. The molecule has 2 aliphatic rings. The van der Waals surface area contributed by atoms with Crippen LogP contribution < -0.4 is 9.47 Å². The van der Waals surface area contributed by atoms with Crippen LogP contribution in [-0.2, 0) is 14.4 Å². The minimum Gasteiger partial charge on any atom is -0.479 e. The Labute approximate surface area is 176 Å². The molecule has 2 unspecified atom stereocenters. The van der Waals surface area contributed by atoms with Crippen LogP contribution in [0.3, 0.4) is 0 Å². The summed E-state index contributed by atoms with van der Waals surface area (Å²) in [6.07, 6.45) is 4.81. The van der Waals surface area contributed by atoms with E-state index in [0.29, 0.717) is 30.8 Å². The molecule has 2 heterocycles. The van der Waals surface area contributed by atoms with Gasteiger partial charge in [0, 0.05) is 17.9 Å². The summed E-state index contributed by atoms with van der Waals surface area (Å²) in [5, 5.41) is 10.4. The lowest BCUT2D eigenvalue weighted by atomic mass is 9.71. The zero-order valence-electron chi connectivity index (χ0n) is 17.9. The maximum Gasteiger partial charge on any atom is 0.334 e. The monoisotopic (exact) mass is 415 g/mol. The van der Waals surface area contributed by atoms with Gasteiger partial charge in [-0.05, 0) is 43.9 Å². The number of benzene rings is 1. The number of Topliss-reactive ketones (excluding diaryl/α,β-unsaturated/α-hetero) is 1. The Morgan fingerprint density at radius 2 is 1.97 bits per heavy atom. The second-order valence-electron chi connectivity index (χ2n) is 8.46. The SMILES string of the molecule is C/C=C/C1(C(=O)O)C(c2ccc3c(c2)OCO3)CCCN1C(=O)C(=O)C(C)(C)CC. The van der Waals surface area contributed by atoms with Crippen LogP contribution in [0.4, 0.5) is 0 Å². The molecule has 0 aromatic heterocycles. The Bertz CT molecular complexity index is 890. The predicted octanol–water partition coefficient (Wildman–Crippen LogP) is 3.53. The average molecular weight is 415 g/mol. The van der Waals surface area contributed by atoms with Gasteiger partial charge in [0.25, 0.3) is 5.91 Å². The van der Waals surface area contributed by atoms with Crippen LogP contribution in [0.15, 0.2) is 30.4 Å². The number of rotatable bonds is 6. The van der Waals surface area contributed by atoms with Gasteiger partial charge in [-0.3, -0.25) is 9.59 Å². The number of aliphatic carboxylic acids is 1. The molecule has 1 aromatic rings. The fourth-order valence-electron chi connectivity index (χ4n) is 4.24. The van der Waals surface area contributed by atoms with Gasteiger partial charge in [0.2, 0.25) is 12.6 Å². The molecule has 0 radical (unpaired) electrons. The average Bonchev–Trinajstić information content (AvgIpc) is 3.20. The van der Waals surface area contributed by atoms with Crippen molar-refractivity contribution >= 4 is 17.7 Å². The highest BCUT2D eigenvalue weighted by Crippen LogP contribution is 2.45. The largest absolute Gasteiger partial charge is 0.479 e. The predicted molar refractivity (Wildman–Crippen MR) is 111 cm³/mol. The number of ketones is 1. The topological polar surface area (TPSA) is 93.1 Å². The van der Waals surface area contributed by atoms with Crippen LogP contribution in [0.5, 0.6) is 11.5 Å². The maximum atomic E-state index is 13.3. The number of carbonyl (C=O) groups excluding carboxylic acids is 2. The lowest BCUT2D eigenvalue weighted by molar-refractivity contribution is -0.164. The van der Waals surface area contributed by atoms with Crippen molar-refractivity contribution < 1.29 is 29.0 Å². The first-order valence-corrected chi connectivity index (χ1v) is 10.3. The Morgan fingerprint density at radius 3 is 2.60 bits per heavy atom. The molecule has 1 N–H and O–H groups in total. The van der Waals surface area contributed by atoms with Crippen molar-refractivity contribution in [2.24, 2.45) is 5.41 Å². The van der Waals surface area contributed by atoms with Crippen LogP contribution in [0.1, 0.15) is 58.4 Å². The van der Waals surface area contributed by atoms with E-state index >= 15 is 0 Å². The molecule has 0 aliphatic carbocycles. The molecule has 1 fully saturated rings. The highest BCUT2D eigenvalue weighted by atomic mass is 16.7. The van der Waals surface area contributed by atoms with Gasteiger partial charge in [-0.1, -0.05) is 39.0 Å². The van der Waals surface area contributed by atoms with E-state index in [0.717, 1.165) is 5.56 Å². The third kappa shape index (κ3) is 3.46. The smallest absolute Gasteiger partial charge is 0.334 e. The number of carbonyl (C=O) groups is 3. The van der Waals surface area contributed by atoms with E-state index in [2.05, 4.69) is 0 Å². The highest BCUT2D eigenvalue weighted by molar-refractivity contribution is 6.38. The van der Waals surface area contributed by atoms with Gasteiger partial charge >= 0.3 is 5.97 Å². The van der Waals surface area contributed by atoms with Crippen LogP contribution in [0.2, 0.25) is 0 Å². The fourth-order valence-corrected chi connectivity index (χ4v) is 4.24. The highest BCUT2D eigenvalue weighted by Gasteiger charge is 2.55. The van der Waals surface area contributed by atoms with E-state index in [1.807, 2.05) is 13.0 Å². The lowest BCUT2D eigenvalue weighted by Crippen LogP contribution is -2.64. The molecule has 1 amide bonds. The number of carboxylic acids is 1. The third-order valence-corrected chi connectivity index (χ3v) is 6.35. The number of hydrogen-bond acceptors (Lipinski definition) is 5. The first-order valence-electron chi connectivity index (χ1n) is 10.3. The number of piperidine rings is 1. The van der Waals surface area contributed by atoms with Crippen molar-refractivity contribution in [2.45, 2.75) is 58.4 Å². The number of hydrogen-bond donors (Lipinski definition) is 1. The molecular formula is C23H29NO6. The number of carboxylic acid groups (broad SMARTS) is 1. The molecule has 3 rings (SSSR count). The molecular weight excluding hydrogens is 386 g/mol. The number of amides is 1. The van der Waals surface area contributed by atoms with Crippen molar-refractivity contribution in [3.8, 4) is 11.5 Å². The molecule has 0 bridgehead atoms. The van der Waals surface area contributed by atoms with E-state index in [1.54, 1.807) is 39.0 Å². The number of nitrogens with zero attached hydrogens (tertiary/aromatic N) is 1. The summed E-state index contributed by atoms with van der Waals surface area (Å²) in [5.74, 6) is -1.83. The molecule has 0 saturated carbocycles. The molecule has 7 heteroatoms.